The maximum absolute atomic E-state index is 8.49. The number of rotatable bonds is 8. The van der Waals surface area contributed by atoms with Crippen molar-refractivity contribution in [2.45, 2.75) is 32.7 Å². The number of nitrogens with one attached hydrogen (secondary N) is 1. The van der Waals surface area contributed by atoms with Crippen LogP contribution in [0.25, 0.3) is 0 Å². The van der Waals surface area contributed by atoms with E-state index in [1.54, 1.807) is 0 Å². The van der Waals surface area contributed by atoms with Crippen molar-refractivity contribution in [3.8, 4) is 11.8 Å². The van der Waals surface area contributed by atoms with Gasteiger partial charge in [0.05, 0.1) is 12.7 Å². The number of nitriles is 1. The van der Waals surface area contributed by atoms with Crippen molar-refractivity contribution >= 4 is 17.0 Å². The SMILES string of the molecule is CCc1ccc(CNc2cccc(OCCCC#N)c2)s1. The molecule has 1 aromatic heterocycles. The van der Waals surface area contributed by atoms with E-state index in [1.807, 2.05) is 35.6 Å². The summed E-state index contributed by atoms with van der Waals surface area (Å²) in [5.74, 6) is 0.846. The summed E-state index contributed by atoms with van der Waals surface area (Å²) in [6, 6.07) is 14.5. The first-order valence-corrected chi connectivity index (χ1v) is 8.04. The molecule has 0 atom stereocenters. The molecule has 21 heavy (non-hydrogen) atoms. The number of hydrogen-bond acceptors (Lipinski definition) is 4. The number of nitrogens with zero attached hydrogens (tertiary/aromatic N) is 1. The fourth-order valence-electron chi connectivity index (χ4n) is 1.93. The van der Waals surface area contributed by atoms with E-state index in [0.29, 0.717) is 13.0 Å². The maximum Gasteiger partial charge on any atom is 0.121 e. The summed E-state index contributed by atoms with van der Waals surface area (Å²) in [5, 5.41) is 11.9. The van der Waals surface area contributed by atoms with Gasteiger partial charge in [0.2, 0.25) is 0 Å². The monoisotopic (exact) mass is 300 g/mol. The molecule has 3 nitrogen and oxygen atoms in total. The molecule has 0 bridgehead atoms. The summed E-state index contributed by atoms with van der Waals surface area (Å²) in [4.78, 5) is 2.76. The first kappa shape index (κ1) is 15.4. The van der Waals surface area contributed by atoms with Crippen LogP contribution in [0.5, 0.6) is 5.75 Å². The first-order chi connectivity index (χ1) is 10.3. The molecular weight excluding hydrogens is 280 g/mol. The van der Waals surface area contributed by atoms with Gasteiger partial charge in [-0.15, -0.1) is 11.3 Å². The van der Waals surface area contributed by atoms with Crippen LogP contribution in [0.15, 0.2) is 36.4 Å². The maximum atomic E-state index is 8.49. The van der Waals surface area contributed by atoms with Crippen LogP contribution in [-0.2, 0) is 13.0 Å². The zero-order valence-electron chi connectivity index (χ0n) is 12.3. The van der Waals surface area contributed by atoms with Crippen molar-refractivity contribution in [2.75, 3.05) is 11.9 Å². The second kappa shape index (κ2) is 8.33. The van der Waals surface area contributed by atoms with Crippen molar-refractivity contribution in [1.29, 1.82) is 5.26 Å². The molecule has 0 fully saturated rings. The van der Waals surface area contributed by atoms with Gasteiger partial charge in [-0.25, -0.2) is 0 Å². The third kappa shape index (κ3) is 5.13. The summed E-state index contributed by atoms with van der Waals surface area (Å²) >= 11 is 1.85. The zero-order chi connectivity index (χ0) is 14.9. The standard InChI is InChI=1S/C17H20N2OS/c1-2-16-8-9-17(21-16)13-19-14-6-5-7-15(12-14)20-11-4-3-10-18/h5-9,12,19H,2-4,11,13H2,1H3. The molecule has 1 aromatic carbocycles. The number of unbranched alkanes of at least 4 members (excludes halogenated alkanes) is 1. The lowest BCUT2D eigenvalue weighted by molar-refractivity contribution is 0.313. The molecule has 0 aliphatic rings. The van der Waals surface area contributed by atoms with E-state index >= 15 is 0 Å². The van der Waals surface area contributed by atoms with E-state index in [0.717, 1.165) is 30.8 Å². The second-order valence-corrected chi connectivity index (χ2v) is 5.97. The van der Waals surface area contributed by atoms with Gasteiger partial charge in [0.1, 0.15) is 5.75 Å². The zero-order valence-corrected chi connectivity index (χ0v) is 13.1. The molecule has 0 unspecified atom stereocenters. The Bertz CT molecular complexity index is 601. The molecule has 4 heteroatoms. The van der Waals surface area contributed by atoms with E-state index in [9.17, 15) is 0 Å². The molecule has 1 heterocycles. The van der Waals surface area contributed by atoms with Crippen molar-refractivity contribution in [1.82, 2.24) is 0 Å². The minimum Gasteiger partial charge on any atom is -0.493 e. The Hall–Kier alpha value is -1.99. The lowest BCUT2D eigenvalue weighted by Gasteiger charge is -2.08. The molecule has 0 saturated heterocycles. The highest BCUT2D eigenvalue weighted by Gasteiger charge is 2.00. The van der Waals surface area contributed by atoms with Crippen molar-refractivity contribution in [2.24, 2.45) is 0 Å². The topological polar surface area (TPSA) is 45.0 Å². The predicted molar refractivity (Wildman–Crippen MR) is 87.8 cm³/mol. The Kier molecular flexibility index (Phi) is 6.11. The third-order valence-electron chi connectivity index (χ3n) is 3.07. The Balaban J connectivity index is 1.84. The van der Waals surface area contributed by atoms with Gasteiger partial charge >= 0.3 is 0 Å². The molecule has 1 N–H and O–H groups in total. The fraction of sp³-hybridized carbons (Fsp3) is 0.353. The Labute approximate surface area is 130 Å². The Morgan fingerprint density at radius 2 is 2.10 bits per heavy atom. The van der Waals surface area contributed by atoms with Gasteiger partial charge in [-0.2, -0.15) is 5.26 Å². The smallest absolute Gasteiger partial charge is 0.121 e. The van der Waals surface area contributed by atoms with Crippen molar-refractivity contribution in [3.05, 3.63) is 46.2 Å². The molecule has 0 radical (unpaired) electrons. The molecule has 0 saturated carbocycles. The first-order valence-electron chi connectivity index (χ1n) is 7.23. The second-order valence-electron chi connectivity index (χ2n) is 4.71. The van der Waals surface area contributed by atoms with Crippen LogP contribution in [0.1, 0.15) is 29.5 Å². The van der Waals surface area contributed by atoms with Crippen LogP contribution in [0, 0.1) is 11.3 Å². The van der Waals surface area contributed by atoms with Gasteiger partial charge in [0, 0.05) is 34.5 Å². The van der Waals surface area contributed by atoms with Gasteiger partial charge in [0.15, 0.2) is 0 Å². The molecule has 110 valence electrons. The van der Waals surface area contributed by atoms with E-state index in [1.165, 1.54) is 9.75 Å². The molecule has 0 amide bonds. The van der Waals surface area contributed by atoms with E-state index in [2.05, 4.69) is 30.4 Å². The summed E-state index contributed by atoms with van der Waals surface area (Å²) in [6.07, 6.45) is 2.40. The molecule has 0 aliphatic carbocycles. The quantitative estimate of drug-likeness (QED) is 0.724. The van der Waals surface area contributed by atoms with Crippen LogP contribution in [0.4, 0.5) is 5.69 Å². The highest BCUT2D eigenvalue weighted by molar-refractivity contribution is 7.12. The van der Waals surface area contributed by atoms with Gasteiger partial charge in [-0.05, 0) is 37.1 Å². The predicted octanol–water partition coefficient (Wildman–Crippen LogP) is 4.61. The average Bonchev–Trinajstić information content (AvgIpc) is 2.98. The van der Waals surface area contributed by atoms with Gasteiger partial charge in [0.25, 0.3) is 0 Å². The van der Waals surface area contributed by atoms with Crippen molar-refractivity contribution in [3.63, 3.8) is 0 Å². The van der Waals surface area contributed by atoms with Crippen LogP contribution >= 0.6 is 11.3 Å². The van der Waals surface area contributed by atoms with E-state index in [-0.39, 0.29) is 0 Å². The Morgan fingerprint density at radius 1 is 1.24 bits per heavy atom. The van der Waals surface area contributed by atoms with Gasteiger partial charge < -0.3 is 10.1 Å². The summed E-state index contributed by atoms with van der Waals surface area (Å²) < 4.78 is 5.63. The highest BCUT2D eigenvalue weighted by Crippen LogP contribution is 2.21. The highest BCUT2D eigenvalue weighted by atomic mass is 32.1. The number of ether oxygens (including phenoxy) is 1. The third-order valence-corrected chi connectivity index (χ3v) is 4.30. The van der Waals surface area contributed by atoms with E-state index in [4.69, 9.17) is 10.00 Å². The van der Waals surface area contributed by atoms with Crippen LogP contribution < -0.4 is 10.1 Å². The number of anilines is 1. The molecule has 2 aromatic rings. The molecule has 2 rings (SSSR count). The van der Waals surface area contributed by atoms with Gasteiger partial charge in [-0.3, -0.25) is 0 Å². The minimum atomic E-state index is 0.538. The summed E-state index contributed by atoms with van der Waals surface area (Å²) in [6.45, 7) is 3.60. The lowest BCUT2D eigenvalue weighted by atomic mass is 10.3. The van der Waals surface area contributed by atoms with Crippen LogP contribution in [0.2, 0.25) is 0 Å². The number of benzene rings is 1. The molecular formula is C17H20N2OS. The van der Waals surface area contributed by atoms with Gasteiger partial charge in [-0.1, -0.05) is 13.0 Å². The number of hydrogen-bond donors (Lipinski definition) is 1. The summed E-state index contributed by atoms with van der Waals surface area (Å²) in [5.41, 5.74) is 1.05. The largest absolute Gasteiger partial charge is 0.493 e. The van der Waals surface area contributed by atoms with Crippen molar-refractivity contribution < 1.29 is 4.74 Å². The molecule has 0 spiro atoms. The number of aryl methyl sites for hydroxylation is 1. The minimum absolute atomic E-state index is 0.538. The Morgan fingerprint density at radius 3 is 2.86 bits per heavy atom. The van der Waals surface area contributed by atoms with Crippen LogP contribution in [-0.4, -0.2) is 6.61 Å². The lowest BCUT2D eigenvalue weighted by Crippen LogP contribution is -1.99. The fourth-order valence-corrected chi connectivity index (χ4v) is 2.83. The molecule has 0 aliphatic heterocycles. The normalized spacial score (nSPS) is 10.1. The number of thiophene rings is 1. The van der Waals surface area contributed by atoms with E-state index < -0.39 is 0 Å². The summed E-state index contributed by atoms with van der Waals surface area (Å²) in [7, 11) is 0. The van der Waals surface area contributed by atoms with Crippen LogP contribution in [0.3, 0.4) is 0 Å². The average molecular weight is 300 g/mol.